The lowest BCUT2D eigenvalue weighted by Crippen LogP contribution is -2.28. The Morgan fingerprint density at radius 1 is 1.33 bits per heavy atom. The van der Waals surface area contributed by atoms with Gasteiger partial charge in [0.2, 0.25) is 0 Å². The normalized spacial score (nSPS) is 13.0. The average molecular weight is 275 g/mol. The molecular formula is C13H13N3S2. The van der Waals surface area contributed by atoms with Gasteiger partial charge in [0.05, 0.1) is 6.04 Å². The van der Waals surface area contributed by atoms with Crippen LogP contribution in [0.5, 0.6) is 0 Å². The summed E-state index contributed by atoms with van der Waals surface area (Å²) in [6.45, 7) is 2.08. The highest BCUT2D eigenvalue weighted by Crippen LogP contribution is 2.35. The number of hydrogen-bond acceptors (Lipinski definition) is 5. The first-order chi connectivity index (χ1) is 8.79. The molecule has 3 aromatic heterocycles. The molecule has 0 aliphatic heterocycles. The molecule has 0 bridgehead atoms. The minimum Gasteiger partial charge on any atom is -0.271 e. The fourth-order valence-electron chi connectivity index (χ4n) is 2.03. The van der Waals surface area contributed by atoms with Gasteiger partial charge in [0.1, 0.15) is 0 Å². The van der Waals surface area contributed by atoms with E-state index >= 15 is 0 Å². The van der Waals surface area contributed by atoms with E-state index in [0.717, 1.165) is 5.56 Å². The summed E-state index contributed by atoms with van der Waals surface area (Å²) in [5, 5.41) is 2.12. The lowest BCUT2D eigenvalue weighted by Gasteiger charge is -2.16. The van der Waals surface area contributed by atoms with Gasteiger partial charge in [-0.05, 0) is 41.6 Å². The molecule has 92 valence electrons. The molecule has 3 N–H and O–H groups in total. The van der Waals surface area contributed by atoms with Gasteiger partial charge >= 0.3 is 0 Å². The van der Waals surface area contributed by atoms with Gasteiger partial charge in [0.25, 0.3) is 0 Å². The summed E-state index contributed by atoms with van der Waals surface area (Å²) < 4.78 is 2.63. The second kappa shape index (κ2) is 4.78. The second-order valence-corrected chi connectivity index (χ2v) is 6.19. The molecule has 0 saturated heterocycles. The molecular weight excluding hydrogens is 262 g/mol. The van der Waals surface area contributed by atoms with Crippen molar-refractivity contribution in [2.45, 2.75) is 13.0 Å². The van der Waals surface area contributed by atoms with Crippen LogP contribution in [0, 0.1) is 6.92 Å². The maximum Gasteiger partial charge on any atom is 0.0820 e. The summed E-state index contributed by atoms with van der Waals surface area (Å²) in [7, 11) is 0. The van der Waals surface area contributed by atoms with E-state index in [1.165, 1.54) is 19.8 Å². The van der Waals surface area contributed by atoms with Crippen LogP contribution >= 0.6 is 22.7 Å². The molecule has 3 rings (SSSR count). The zero-order valence-electron chi connectivity index (χ0n) is 9.88. The SMILES string of the molecule is Cc1ccncc1C(NN)c1cc2sccc2s1. The Labute approximate surface area is 113 Å². The van der Waals surface area contributed by atoms with Crippen LogP contribution in [0.1, 0.15) is 22.0 Å². The zero-order chi connectivity index (χ0) is 12.5. The number of nitrogens with zero attached hydrogens (tertiary/aromatic N) is 1. The van der Waals surface area contributed by atoms with Gasteiger partial charge in [-0.1, -0.05) is 0 Å². The molecule has 0 radical (unpaired) electrons. The average Bonchev–Trinajstić information content (AvgIpc) is 2.93. The van der Waals surface area contributed by atoms with Crippen molar-refractivity contribution in [3.05, 3.63) is 52.0 Å². The highest BCUT2D eigenvalue weighted by molar-refractivity contribution is 7.27. The molecule has 0 saturated carbocycles. The Hall–Kier alpha value is -1.27. The molecule has 0 aromatic carbocycles. The van der Waals surface area contributed by atoms with E-state index in [-0.39, 0.29) is 6.04 Å². The number of aryl methyl sites for hydroxylation is 1. The van der Waals surface area contributed by atoms with Crippen molar-refractivity contribution in [2.75, 3.05) is 0 Å². The molecule has 3 nitrogen and oxygen atoms in total. The smallest absolute Gasteiger partial charge is 0.0820 e. The lowest BCUT2D eigenvalue weighted by molar-refractivity contribution is 0.641. The highest BCUT2D eigenvalue weighted by Gasteiger charge is 2.17. The molecule has 0 aliphatic carbocycles. The quantitative estimate of drug-likeness (QED) is 0.570. The van der Waals surface area contributed by atoms with Crippen molar-refractivity contribution in [1.82, 2.24) is 10.4 Å². The van der Waals surface area contributed by atoms with Crippen LogP contribution < -0.4 is 11.3 Å². The number of nitrogens with one attached hydrogen (secondary N) is 1. The molecule has 1 atom stereocenters. The minimum absolute atomic E-state index is 0.0169. The van der Waals surface area contributed by atoms with Crippen molar-refractivity contribution < 1.29 is 0 Å². The summed E-state index contributed by atoms with van der Waals surface area (Å²) in [5.41, 5.74) is 5.23. The molecule has 0 aliphatic rings. The van der Waals surface area contributed by atoms with Crippen molar-refractivity contribution in [2.24, 2.45) is 5.84 Å². The fraction of sp³-hybridized carbons (Fsp3) is 0.154. The monoisotopic (exact) mass is 275 g/mol. The number of aromatic nitrogens is 1. The van der Waals surface area contributed by atoms with Crippen molar-refractivity contribution in [1.29, 1.82) is 0 Å². The van der Waals surface area contributed by atoms with Crippen LogP contribution in [0.25, 0.3) is 9.40 Å². The maximum atomic E-state index is 5.73. The number of thiophene rings is 2. The third kappa shape index (κ3) is 1.95. The fourth-order valence-corrected chi connectivity index (χ4v) is 4.23. The predicted octanol–water partition coefficient (Wildman–Crippen LogP) is 3.22. The molecule has 3 aromatic rings. The van der Waals surface area contributed by atoms with Crippen LogP contribution in [0.2, 0.25) is 0 Å². The molecule has 0 amide bonds. The Morgan fingerprint density at radius 2 is 2.22 bits per heavy atom. The van der Waals surface area contributed by atoms with Crippen molar-refractivity contribution in [3.8, 4) is 0 Å². The van der Waals surface area contributed by atoms with Gasteiger partial charge < -0.3 is 0 Å². The molecule has 1 unspecified atom stereocenters. The molecule has 0 fully saturated rings. The number of nitrogens with two attached hydrogens (primary N) is 1. The Bertz CT molecular complexity index is 643. The zero-order valence-corrected chi connectivity index (χ0v) is 11.5. The second-order valence-electron chi connectivity index (χ2n) is 4.13. The van der Waals surface area contributed by atoms with Crippen LogP contribution in [-0.2, 0) is 0 Å². The van der Waals surface area contributed by atoms with Gasteiger partial charge in [0.15, 0.2) is 0 Å². The Kier molecular flexibility index (Phi) is 3.13. The lowest BCUT2D eigenvalue weighted by atomic mass is 10.0. The number of fused-ring (bicyclic) bond motifs is 1. The summed E-state index contributed by atoms with van der Waals surface area (Å²) in [6, 6.07) is 6.39. The summed E-state index contributed by atoms with van der Waals surface area (Å²) in [5.74, 6) is 5.73. The van der Waals surface area contributed by atoms with Gasteiger partial charge in [-0.15, -0.1) is 22.7 Å². The Morgan fingerprint density at radius 3 is 2.94 bits per heavy atom. The van der Waals surface area contributed by atoms with Gasteiger partial charge in [0, 0.05) is 26.7 Å². The first-order valence-electron chi connectivity index (χ1n) is 5.63. The molecule has 3 heterocycles. The predicted molar refractivity (Wildman–Crippen MR) is 77.8 cm³/mol. The van der Waals surface area contributed by atoms with Gasteiger partial charge in [-0.3, -0.25) is 10.8 Å². The Balaban J connectivity index is 2.07. The van der Waals surface area contributed by atoms with E-state index < -0.39 is 0 Å². The first-order valence-corrected chi connectivity index (χ1v) is 7.33. The largest absolute Gasteiger partial charge is 0.271 e. The molecule has 18 heavy (non-hydrogen) atoms. The van der Waals surface area contributed by atoms with E-state index in [4.69, 9.17) is 5.84 Å². The number of hydrazine groups is 1. The number of rotatable bonds is 3. The summed E-state index contributed by atoms with van der Waals surface area (Å²) in [6.07, 6.45) is 3.69. The third-order valence-electron chi connectivity index (χ3n) is 3.00. The van der Waals surface area contributed by atoms with E-state index in [1.54, 1.807) is 28.9 Å². The van der Waals surface area contributed by atoms with E-state index in [0.29, 0.717) is 0 Å². The van der Waals surface area contributed by atoms with E-state index in [9.17, 15) is 0 Å². The highest BCUT2D eigenvalue weighted by atomic mass is 32.1. The number of pyridine rings is 1. The van der Waals surface area contributed by atoms with Crippen molar-refractivity contribution in [3.63, 3.8) is 0 Å². The van der Waals surface area contributed by atoms with Gasteiger partial charge in [-0.25, -0.2) is 5.43 Å². The molecule has 5 heteroatoms. The summed E-state index contributed by atoms with van der Waals surface area (Å²) in [4.78, 5) is 5.43. The molecule has 0 spiro atoms. The van der Waals surface area contributed by atoms with E-state index in [1.807, 2.05) is 12.3 Å². The minimum atomic E-state index is 0.0169. The van der Waals surface area contributed by atoms with Gasteiger partial charge in [-0.2, -0.15) is 0 Å². The van der Waals surface area contributed by atoms with Crippen LogP contribution in [0.15, 0.2) is 36.0 Å². The first kappa shape index (κ1) is 11.8. The van der Waals surface area contributed by atoms with Crippen molar-refractivity contribution >= 4 is 32.1 Å². The standard InChI is InChI=1S/C13H13N3S2/c1-8-2-4-15-7-9(8)13(16-14)12-6-11-10(18-12)3-5-17-11/h2-7,13,16H,14H2,1H3. The maximum absolute atomic E-state index is 5.73. The number of hydrogen-bond donors (Lipinski definition) is 2. The van der Waals surface area contributed by atoms with Crippen LogP contribution in [0.3, 0.4) is 0 Å². The third-order valence-corrected chi connectivity index (χ3v) is 5.16. The van der Waals surface area contributed by atoms with E-state index in [2.05, 4.69) is 34.8 Å². The van der Waals surface area contributed by atoms with Crippen LogP contribution in [-0.4, -0.2) is 4.98 Å². The topological polar surface area (TPSA) is 50.9 Å². The van der Waals surface area contributed by atoms with Crippen LogP contribution in [0.4, 0.5) is 0 Å². The summed E-state index contributed by atoms with van der Waals surface area (Å²) >= 11 is 3.54.